The van der Waals surface area contributed by atoms with E-state index in [2.05, 4.69) is 0 Å². The minimum atomic E-state index is -0.937. The summed E-state index contributed by atoms with van der Waals surface area (Å²) in [7, 11) is 0. The zero-order valence-electron chi connectivity index (χ0n) is 12.3. The lowest BCUT2D eigenvalue weighted by Crippen LogP contribution is -2.39. The lowest BCUT2D eigenvalue weighted by molar-refractivity contribution is -0.154. The van der Waals surface area contributed by atoms with Gasteiger partial charge in [-0.05, 0) is 31.6 Å². The average molecular weight is 283 g/mol. The Labute approximate surface area is 120 Å². The molecule has 0 aromatic heterocycles. The van der Waals surface area contributed by atoms with Crippen molar-refractivity contribution < 1.29 is 19.8 Å². The Bertz CT molecular complexity index is 391. The Morgan fingerprint density at radius 1 is 1.20 bits per heavy atom. The van der Waals surface area contributed by atoms with Crippen LogP contribution in [0, 0.1) is 17.3 Å². The number of carboxylic acid groups (broad SMARTS) is 1. The number of aliphatic carboxylic acids is 1. The minimum Gasteiger partial charge on any atom is -0.481 e. The fraction of sp³-hybridized carbons (Fsp3) is 0.867. The fourth-order valence-electron chi connectivity index (χ4n) is 3.72. The largest absolute Gasteiger partial charge is 0.481 e. The van der Waals surface area contributed by atoms with Gasteiger partial charge in [-0.2, -0.15) is 0 Å². The predicted molar refractivity (Wildman–Crippen MR) is 74.1 cm³/mol. The van der Waals surface area contributed by atoms with Crippen LogP contribution in [0.1, 0.15) is 46.0 Å². The zero-order valence-corrected chi connectivity index (χ0v) is 12.3. The Balaban J connectivity index is 2.01. The first-order valence-electron chi connectivity index (χ1n) is 7.62. The van der Waals surface area contributed by atoms with E-state index in [-0.39, 0.29) is 24.3 Å². The molecule has 2 N–H and O–H groups in total. The number of nitrogens with zero attached hydrogens (tertiary/aromatic N) is 1. The van der Waals surface area contributed by atoms with Gasteiger partial charge in [-0.15, -0.1) is 0 Å². The van der Waals surface area contributed by atoms with E-state index in [9.17, 15) is 19.8 Å². The third-order valence-corrected chi connectivity index (χ3v) is 5.47. The van der Waals surface area contributed by atoms with Crippen molar-refractivity contribution in [3.63, 3.8) is 0 Å². The molecule has 0 aromatic carbocycles. The summed E-state index contributed by atoms with van der Waals surface area (Å²) in [5.41, 5.74) is -0.937. The summed E-state index contributed by atoms with van der Waals surface area (Å²) in [6.45, 7) is 4.93. The van der Waals surface area contributed by atoms with Gasteiger partial charge >= 0.3 is 5.97 Å². The van der Waals surface area contributed by atoms with E-state index in [1.54, 1.807) is 4.90 Å². The van der Waals surface area contributed by atoms with Gasteiger partial charge in [-0.25, -0.2) is 0 Å². The van der Waals surface area contributed by atoms with E-state index < -0.39 is 11.4 Å². The smallest absolute Gasteiger partial charge is 0.310 e. The molecule has 20 heavy (non-hydrogen) atoms. The highest BCUT2D eigenvalue weighted by Gasteiger charge is 2.45. The molecule has 3 atom stereocenters. The van der Waals surface area contributed by atoms with Crippen molar-refractivity contribution >= 4 is 11.9 Å². The molecule has 0 aromatic rings. The highest BCUT2D eigenvalue weighted by Crippen LogP contribution is 2.39. The van der Waals surface area contributed by atoms with Crippen LogP contribution in [0.25, 0.3) is 0 Å². The molecule has 114 valence electrons. The quantitative estimate of drug-likeness (QED) is 0.801. The van der Waals surface area contributed by atoms with Crippen molar-refractivity contribution in [3.05, 3.63) is 0 Å². The lowest BCUT2D eigenvalue weighted by atomic mass is 9.79. The molecule has 0 spiro atoms. The molecular formula is C15H25NO4. The van der Waals surface area contributed by atoms with Crippen molar-refractivity contribution in [1.82, 2.24) is 4.90 Å². The Kier molecular flexibility index (Phi) is 4.37. The third-order valence-electron chi connectivity index (χ3n) is 5.47. The molecule has 2 fully saturated rings. The Morgan fingerprint density at radius 3 is 2.35 bits per heavy atom. The monoisotopic (exact) mass is 283 g/mol. The van der Waals surface area contributed by atoms with Crippen LogP contribution >= 0.6 is 0 Å². The maximum Gasteiger partial charge on any atom is 0.310 e. The predicted octanol–water partition coefficient (Wildman–Crippen LogP) is 1.50. The van der Waals surface area contributed by atoms with E-state index >= 15 is 0 Å². The van der Waals surface area contributed by atoms with Gasteiger partial charge in [0.25, 0.3) is 0 Å². The summed E-state index contributed by atoms with van der Waals surface area (Å²) in [5, 5.41) is 19.3. The standard InChI is InChI=1S/C15H25NO4/c1-3-15(4-2,14(19)20)7-13(18)16-8-10-5-6-12(17)11(10)9-16/h10-12,17H,3-9H2,1-2H3,(H,19,20). The van der Waals surface area contributed by atoms with E-state index in [1.165, 1.54) is 0 Å². The number of hydrogen-bond donors (Lipinski definition) is 2. The van der Waals surface area contributed by atoms with Crippen LogP contribution < -0.4 is 0 Å². The van der Waals surface area contributed by atoms with Gasteiger partial charge in [0.05, 0.1) is 11.5 Å². The number of carbonyl (C=O) groups excluding carboxylic acids is 1. The normalized spacial score (nSPS) is 29.6. The number of carboxylic acids is 1. The van der Waals surface area contributed by atoms with Crippen LogP contribution in [0.5, 0.6) is 0 Å². The van der Waals surface area contributed by atoms with Crippen LogP contribution in [0.2, 0.25) is 0 Å². The van der Waals surface area contributed by atoms with Crippen molar-refractivity contribution in [2.24, 2.45) is 17.3 Å². The summed E-state index contributed by atoms with van der Waals surface area (Å²) in [5.74, 6) is -0.356. The maximum atomic E-state index is 12.4. The van der Waals surface area contributed by atoms with Gasteiger partial charge in [0.1, 0.15) is 0 Å². The molecule has 2 aliphatic rings. The maximum absolute atomic E-state index is 12.4. The number of likely N-dealkylation sites (tertiary alicyclic amines) is 1. The number of rotatable bonds is 5. The van der Waals surface area contributed by atoms with E-state index in [4.69, 9.17) is 0 Å². The number of fused-ring (bicyclic) bond motifs is 1. The molecule has 0 radical (unpaired) electrons. The van der Waals surface area contributed by atoms with Gasteiger partial charge in [0, 0.05) is 25.4 Å². The summed E-state index contributed by atoms with van der Waals surface area (Å²) in [6, 6.07) is 0. The van der Waals surface area contributed by atoms with E-state index in [0.29, 0.717) is 31.8 Å². The summed E-state index contributed by atoms with van der Waals surface area (Å²) in [6.07, 6.45) is 2.52. The first-order valence-corrected chi connectivity index (χ1v) is 7.62. The summed E-state index contributed by atoms with van der Waals surface area (Å²) < 4.78 is 0. The second-order valence-corrected chi connectivity index (χ2v) is 6.34. The zero-order chi connectivity index (χ0) is 14.9. The fourth-order valence-corrected chi connectivity index (χ4v) is 3.72. The first-order chi connectivity index (χ1) is 9.43. The molecule has 1 heterocycles. The molecule has 5 heteroatoms. The first kappa shape index (κ1) is 15.3. The summed E-state index contributed by atoms with van der Waals surface area (Å²) >= 11 is 0. The molecule has 1 aliphatic heterocycles. The molecule has 1 amide bonds. The van der Waals surface area contributed by atoms with Crippen LogP contribution in [0.15, 0.2) is 0 Å². The highest BCUT2D eigenvalue weighted by atomic mass is 16.4. The van der Waals surface area contributed by atoms with Gasteiger partial charge in [-0.1, -0.05) is 13.8 Å². The molecular weight excluding hydrogens is 258 g/mol. The topological polar surface area (TPSA) is 77.8 Å². The van der Waals surface area contributed by atoms with Crippen molar-refractivity contribution in [2.45, 2.75) is 52.1 Å². The second kappa shape index (κ2) is 5.72. The number of amides is 1. The van der Waals surface area contributed by atoms with Crippen molar-refractivity contribution in [2.75, 3.05) is 13.1 Å². The molecule has 3 unspecified atom stereocenters. The van der Waals surface area contributed by atoms with Gasteiger partial charge in [-0.3, -0.25) is 9.59 Å². The SMILES string of the molecule is CCC(CC)(CC(=O)N1CC2CCC(O)C2C1)C(=O)O. The number of carbonyl (C=O) groups is 2. The lowest BCUT2D eigenvalue weighted by Gasteiger charge is -2.28. The molecule has 0 bridgehead atoms. The minimum absolute atomic E-state index is 0.0716. The average Bonchev–Trinajstić information content (AvgIpc) is 2.98. The third kappa shape index (κ3) is 2.55. The number of hydrogen-bond acceptors (Lipinski definition) is 3. The molecule has 1 aliphatic carbocycles. The molecule has 5 nitrogen and oxygen atoms in total. The van der Waals surface area contributed by atoms with Crippen LogP contribution in [0.4, 0.5) is 0 Å². The van der Waals surface area contributed by atoms with Gasteiger partial charge < -0.3 is 15.1 Å². The highest BCUT2D eigenvalue weighted by molar-refractivity contribution is 5.85. The number of aliphatic hydroxyl groups excluding tert-OH is 1. The second-order valence-electron chi connectivity index (χ2n) is 6.34. The van der Waals surface area contributed by atoms with E-state index in [1.807, 2.05) is 13.8 Å². The van der Waals surface area contributed by atoms with Gasteiger partial charge in [0.15, 0.2) is 0 Å². The molecule has 1 saturated carbocycles. The summed E-state index contributed by atoms with van der Waals surface area (Å²) in [4.78, 5) is 25.6. The van der Waals surface area contributed by atoms with Crippen molar-refractivity contribution in [1.29, 1.82) is 0 Å². The molecule has 2 rings (SSSR count). The van der Waals surface area contributed by atoms with Crippen molar-refractivity contribution in [3.8, 4) is 0 Å². The van der Waals surface area contributed by atoms with Crippen LogP contribution in [-0.4, -0.2) is 46.2 Å². The van der Waals surface area contributed by atoms with Crippen LogP contribution in [-0.2, 0) is 9.59 Å². The molecule has 1 saturated heterocycles. The van der Waals surface area contributed by atoms with E-state index in [0.717, 1.165) is 12.8 Å². The Morgan fingerprint density at radius 2 is 1.85 bits per heavy atom. The van der Waals surface area contributed by atoms with Crippen LogP contribution in [0.3, 0.4) is 0 Å². The Hall–Kier alpha value is -1.10. The number of aliphatic hydroxyl groups is 1. The van der Waals surface area contributed by atoms with Gasteiger partial charge in [0.2, 0.25) is 5.91 Å².